The van der Waals surface area contributed by atoms with E-state index in [-0.39, 0.29) is 11.3 Å². The number of aliphatic hydroxyl groups is 1. The van der Waals surface area contributed by atoms with E-state index in [0.29, 0.717) is 12.8 Å². The van der Waals surface area contributed by atoms with E-state index in [1.54, 1.807) is 0 Å². The molecule has 0 bridgehead atoms. The third-order valence-corrected chi connectivity index (χ3v) is 3.84. The molecule has 0 saturated heterocycles. The van der Waals surface area contributed by atoms with Crippen molar-refractivity contribution in [2.24, 2.45) is 11.3 Å². The number of carboxylic acids is 1. The predicted octanol–water partition coefficient (Wildman–Crippen LogP) is 2.43. The van der Waals surface area contributed by atoms with E-state index in [2.05, 4.69) is 13.8 Å². The van der Waals surface area contributed by atoms with Crippen molar-refractivity contribution in [2.75, 3.05) is 0 Å². The van der Waals surface area contributed by atoms with Gasteiger partial charge in [-0.15, -0.1) is 0 Å². The first-order chi connectivity index (χ1) is 6.84. The Kier molecular flexibility index (Phi) is 3.44. The van der Waals surface area contributed by atoms with E-state index in [9.17, 15) is 15.0 Å². The molecule has 2 N–H and O–H groups in total. The average Bonchev–Trinajstić information content (AvgIpc) is 2.45. The molecule has 1 fully saturated rings. The Morgan fingerprint density at radius 1 is 1.53 bits per heavy atom. The van der Waals surface area contributed by atoms with Crippen molar-refractivity contribution in [2.45, 2.75) is 58.5 Å². The summed E-state index contributed by atoms with van der Waals surface area (Å²) in [5.41, 5.74) is -1.57. The number of hydrogen-bond acceptors (Lipinski definition) is 2. The minimum Gasteiger partial charge on any atom is -0.479 e. The highest BCUT2D eigenvalue weighted by Crippen LogP contribution is 2.49. The molecule has 0 heterocycles. The molecule has 2 atom stereocenters. The summed E-state index contributed by atoms with van der Waals surface area (Å²) in [6.45, 7) is 6.04. The highest BCUT2D eigenvalue weighted by Gasteiger charge is 2.51. The summed E-state index contributed by atoms with van der Waals surface area (Å²) < 4.78 is 0. The molecule has 1 aliphatic carbocycles. The van der Waals surface area contributed by atoms with Gasteiger partial charge in [-0.3, -0.25) is 0 Å². The summed E-state index contributed by atoms with van der Waals surface area (Å²) in [7, 11) is 0. The lowest BCUT2D eigenvalue weighted by Gasteiger charge is -2.38. The smallest absolute Gasteiger partial charge is 0.335 e. The van der Waals surface area contributed by atoms with Gasteiger partial charge in [0, 0.05) is 5.92 Å². The summed E-state index contributed by atoms with van der Waals surface area (Å²) in [6.07, 6.45) is 3.93. The zero-order chi connectivity index (χ0) is 11.7. The second-order valence-electron chi connectivity index (χ2n) is 5.41. The van der Waals surface area contributed by atoms with Gasteiger partial charge in [-0.1, -0.05) is 33.6 Å². The first-order valence-corrected chi connectivity index (χ1v) is 5.80. The van der Waals surface area contributed by atoms with Crippen molar-refractivity contribution >= 4 is 5.97 Å². The molecule has 0 aromatic heterocycles. The quantitative estimate of drug-likeness (QED) is 0.755. The van der Waals surface area contributed by atoms with Crippen LogP contribution in [-0.2, 0) is 4.79 Å². The van der Waals surface area contributed by atoms with Gasteiger partial charge in [0.15, 0.2) is 5.60 Å². The molecule has 0 radical (unpaired) electrons. The molecule has 15 heavy (non-hydrogen) atoms. The van der Waals surface area contributed by atoms with Crippen LogP contribution in [0.5, 0.6) is 0 Å². The van der Waals surface area contributed by atoms with Crippen LogP contribution >= 0.6 is 0 Å². The Bertz CT molecular complexity index is 247. The molecule has 1 aliphatic rings. The molecule has 0 amide bonds. The first kappa shape index (κ1) is 12.5. The number of hydrogen-bond donors (Lipinski definition) is 2. The Morgan fingerprint density at radius 3 is 2.47 bits per heavy atom. The largest absolute Gasteiger partial charge is 0.479 e. The van der Waals surface area contributed by atoms with Crippen molar-refractivity contribution in [3.05, 3.63) is 0 Å². The third-order valence-electron chi connectivity index (χ3n) is 3.84. The van der Waals surface area contributed by atoms with E-state index in [0.717, 1.165) is 19.3 Å². The maximum absolute atomic E-state index is 11.2. The molecule has 1 saturated carbocycles. The molecule has 3 heteroatoms. The number of rotatable bonds is 4. The Balaban J connectivity index is 2.94. The van der Waals surface area contributed by atoms with Gasteiger partial charge in [0.2, 0.25) is 0 Å². The lowest BCUT2D eigenvalue weighted by Crippen LogP contribution is -2.49. The summed E-state index contributed by atoms with van der Waals surface area (Å²) in [6, 6.07) is 0. The standard InChI is InChI=1S/C12H22O3/c1-4-7-12(15,10(13)14)9-6-5-8-11(9,2)3/h9,15H,4-8H2,1-3H3,(H,13,14). The summed E-state index contributed by atoms with van der Waals surface area (Å²) in [5, 5.41) is 19.5. The Hall–Kier alpha value is -0.570. The maximum atomic E-state index is 11.2. The molecule has 0 aromatic rings. The SMILES string of the molecule is CCCC(O)(C(=O)O)C1CCCC1(C)C. The summed E-state index contributed by atoms with van der Waals surface area (Å²) >= 11 is 0. The molecule has 88 valence electrons. The fourth-order valence-electron chi connectivity index (χ4n) is 3.02. The zero-order valence-corrected chi connectivity index (χ0v) is 9.92. The van der Waals surface area contributed by atoms with Crippen LogP contribution in [0.2, 0.25) is 0 Å². The van der Waals surface area contributed by atoms with Crippen LogP contribution in [0.25, 0.3) is 0 Å². The van der Waals surface area contributed by atoms with E-state index >= 15 is 0 Å². The fourth-order valence-corrected chi connectivity index (χ4v) is 3.02. The maximum Gasteiger partial charge on any atom is 0.335 e. The molecule has 3 nitrogen and oxygen atoms in total. The van der Waals surface area contributed by atoms with Crippen LogP contribution in [0.15, 0.2) is 0 Å². The fraction of sp³-hybridized carbons (Fsp3) is 0.917. The van der Waals surface area contributed by atoms with Crippen molar-refractivity contribution in [3.63, 3.8) is 0 Å². The number of carboxylic acid groups (broad SMARTS) is 1. The third kappa shape index (κ3) is 2.17. The van der Waals surface area contributed by atoms with Gasteiger partial charge >= 0.3 is 5.97 Å². The average molecular weight is 214 g/mol. The van der Waals surface area contributed by atoms with Crippen molar-refractivity contribution in [1.82, 2.24) is 0 Å². The highest BCUT2D eigenvalue weighted by molar-refractivity contribution is 5.77. The van der Waals surface area contributed by atoms with E-state index in [1.165, 1.54) is 0 Å². The van der Waals surface area contributed by atoms with Crippen molar-refractivity contribution in [3.8, 4) is 0 Å². The van der Waals surface area contributed by atoms with Gasteiger partial charge < -0.3 is 10.2 Å². The molecule has 1 rings (SSSR count). The Morgan fingerprint density at radius 2 is 2.13 bits per heavy atom. The zero-order valence-electron chi connectivity index (χ0n) is 9.92. The van der Waals surface area contributed by atoms with Crippen LogP contribution < -0.4 is 0 Å². The van der Waals surface area contributed by atoms with Crippen LogP contribution in [0, 0.1) is 11.3 Å². The van der Waals surface area contributed by atoms with Gasteiger partial charge in [-0.25, -0.2) is 4.79 Å². The predicted molar refractivity (Wildman–Crippen MR) is 58.6 cm³/mol. The number of aliphatic carboxylic acids is 1. The summed E-state index contributed by atoms with van der Waals surface area (Å²) in [5.74, 6) is -1.16. The normalized spacial score (nSPS) is 28.7. The monoisotopic (exact) mass is 214 g/mol. The molecule has 2 unspecified atom stereocenters. The minimum atomic E-state index is -1.52. The van der Waals surface area contributed by atoms with Crippen molar-refractivity contribution in [1.29, 1.82) is 0 Å². The Labute approximate surface area is 91.5 Å². The molecular weight excluding hydrogens is 192 g/mol. The second kappa shape index (κ2) is 4.12. The first-order valence-electron chi connectivity index (χ1n) is 5.80. The van der Waals surface area contributed by atoms with E-state index in [4.69, 9.17) is 0 Å². The second-order valence-corrected chi connectivity index (χ2v) is 5.41. The van der Waals surface area contributed by atoms with Crippen LogP contribution in [-0.4, -0.2) is 21.8 Å². The van der Waals surface area contributed by atoms with Crippen LogP contribution in [0.4, 0.5) is 0 Å². The van der Waals surface area contributed by atoms with Crippen LogP contribution in [0.1, 0.15) is 52.9 Å². The van der Waals surface area contributed by atoms with Gasteiger partial charge in [0.25, 0.3) is 0 Å². The van der Waals surface area contributed by atoms with Gasteiger partial charge in [0.1, 0.15) is 0 Å². The highest BCUT2D eigenvalue weighted by atomic mass is 16.4. The van der Waals surface area contributed by atoms with Gasteiger partial charge in [-0.05, 0) is 24.7 Å². The minimum absolute atomic E-state index is 0.0533. The lowest BCUT2D eigenvalue weighted by atomic mass is 9.70. The molecule has 0 spiro atoms. The van der Waals surface area contributed by atoms with Crippen LogP contribution in [0.3, 0.4) is 0 Å². The van der Waals surface area contributed by atoms with E-state index in [1.807, 2.05) is 6.92 Å². The van der Waals surface area contributed by atoms with E-state index < -0.39 is 11.6 Å². The topological polar surface area (TPSA) is 57.5 Å². The molecular formula is C12H22O3. The van der Waals surface area contributed by atoms with Gasteiger partial charge in [0.05, 0.1) is 0 Å². The van der Waals surface area contributed by atoms with Crippen molar-refractivity contribution < 1.29 is 15.0 Å². The summed E-state index contributed by atoms with van der Waals surface area (Å²) in [4.78, 5) is 11.2. The van der Waals surface area contributed by atoms with Gasteiger partial charge in [-0.2, -0.15) is 0 Å². The molecule has 0 aliphatic heterocycles. The number of carbonyl (C=O) groups is 1. The lowest BCUT2D eigenvalue weighted by molar-refractivity contribution is -0.170. The molecule has 0 aromatic carbocycles.